The Morgan fingerprint density at radius 3 is 1.79 bits per heavy atom. The van der Waals surface area contributed by atoms with Crippen molar-refractivity contribution in [3.05, 3.63) is 72.0 Å². The van der Waals surface area contributed by atoms with E-state index in [2.05, 4.69) is 79.9 Å². The van der Waals surface area contributed by atoms with Gasteiger partial charge in [-0.25, -0.2) is 0 Å². The number of hydrogen-bond acceptors (Lipinski definition) is 0. The Morgan fingerprint density at radius 1 is 0.833 bits per heavy atom. The molecule has 0 aliphatic heterocycles. The zero-order chi connectivity index (χ0) is 14.4. The summed E-state index contributed by atoms with van der Waals surface area (Å²) in [5.41, 5.74) is 0. The van der Waals surface area contributed by atoms with Crippen LogP contribution in [0.5, 0.6) is 0 Å². The van der Waals surface area contributed by atoms with Crippen LogP contribution in [-0.4, -0.2) is 8.07 Å². The SMILES string of the molecule is C[Si](C)(C1=CC=CC1)[c-]1c2ccccc2c2ccccc21.[Cl-].[Cl-].[Zr+3]. The molecule has 0 atom stereocenters. The second-order valence-corrected chi connectivity index (χ2v) is 10.8. The van der Waals surface area contributed by atoms with E-state index in [1.807, 2.05) is 0 Å². The van der Waals surface area contributed by atoms with Gasteiger partial charge in [0.05, 0.1) is 8.07 Å². The molecule has 0 amide bonds. The van der Waals surface area contributed by atoms with Crippen molar-refractivity contribution in [1.29, 1.82) is 0 Å². The van der Waals surface area contributed by atoms with Crippen LogP contribution in [0.25, 0.3) is 21.5 Å². The smallest absolute Gasteiger partial charge is 1.00 e. The van der Waals surface area contributed by atoms with Crippen LogP contribution in [0.1, 0.15) is 6.42 Å². The van der Waals surface area contributed by atoms with Crippen LogP contribution in [0.4, 0.5) is 0 Å². The first kappa shape index (κ1) is 21.5. The van der Waals surface area contributed by atoms with Crippen molar-refractivity contribution in [1.82, 2.24) is 0 Å². The minimum atomic E-state index is -1.62. The third kappa shape index (κ3) is 3.27. The van der Waals surface area contributed by atoms with E-state index in [0.29, 0.717) is 0 Å². The van der Waals surface area contributed by atoms with Crippen molar-refractivity contribution in [2.45, 2.75) is 19.5 Å². The van der Waals surface area contributed by atoms with Gasteiger partial charge in [0.2, 0.25) is 0 Å². The van der Waals surface area contributed by atoms with Crippen molar-refractivity contribution in [3.8, 4) is 0 Å². The summed E-state index contributed by atoms with van der Waals surface area (Å²) in [5, 5.41) is 9.00. The Bertz CT molecular complexity index is 853. The maximum atomic E-state index is 2.50. The van der Waals surface area contributed by atoms with Crippen LogP contribution in [-0.2, 0) is 26.2 Å². The molecule has 0 bridgehead atoms. The largest absolute Gasteiger partial charge is 3.00 e. The Kier molecular flexibility index (Phi) is 7.38. The molecule has 4 heteroatoms. The molecule has 0 saturated heterocycles. The Hall–Kier alpha value is -0.530. The fourth-order valence-corrected chi connectivity index (χ4v) is 7.01. The van der Waals surface area contributed by atoms with Crippen LogP contribution in [0.15, 0.2) is 72.0 Å². The third-order valence-corrected chi connectivity index (χ3v) is 8.65. The van der Waals surface area contributed by atoms with Crippen molar-refractivity contribution in [2.75, 3.05) is 0 Å². The second-order valence-electron chi connectivity index (χ2n) is 6.42. The molecule has 0 spiro atoms. The van der Waals surface area contributed by atoms with Gasteiger partial charge in [-0.2, -0.15) is 0 Å². The van der Waals surface area contributed by atoms with Crippen LogP contribution in [0, 0.1) is 0 Å². The first-order valence-corrected chi connectivity index (χ1v) is 10.6. The predicted molar refractivity (Wildman–Crippen MR) is 96.0 cm³/mol. The van der Waals surface area contributed by atoms with Crippen molar-refractivity contribution in [3.63, 3.8) is 0 Å². The Morgan fingerprint density at radius 2 is 1.33 bits per heavy atom. The van der Waals surface area contributed by atoms with Crippen molar-refractivity contribution < 1.29 is 51.0 Å². The average molecular weight is 450 g/mol. The molecule has 1 aliphatic rings. The third-order valence-electron chi connectivity index (χ3n) is 4.88. The van der Waals surface area contributed by atoms with Gasteiger partial charge in [-0.1, -0.05) is 72.9 Å². The van der Waals surface area contributed by atoms with Crippen molar-refractivity contribution >= 4 is 34.8 Å². The number of rotatable bonds is 2. The molecule has 1 radical (unpaired) electrons. The number of benzene rings is 2. The van der Waals surface area contributed by atoms with Crippen LogP contribution in [0.3, 0.4) is 0 Å². The summed E-state index contributed by atoms with van der Waals surface area (Å²) in [7, 11) is -1.62. The summed E-state index contributed by atoms with van der Waals surface area (Å²) < 4.78 is 0. The van der Waals surface area contributed by atoms with Gasteiger partial charge in [-0.3, -0.25) is 0 Å². The van der Waals surface area contributed by atoms with E-state index in [4.69, 9.17) is 0 Å². The maximum absolute atomic E-state index is 2.50. The molecule has 0 saturated carbocycles. The van der Waals surface area contributed by atoms with Gasteiger partial charge >= 0.3 is 26.2 Å². The molecule has 0 unspecified atom stereocenters. The summed E-state index contributed by atoms with van der Waals surface area (Å²) in [6.45, 7) is 5.00. The van der Waals surface area contributed by atoms with E-state index >= 15 is 0 Å². The van der Waals surface area contributed by atoms with E-state index in [9.17, 15) is 0 Å². The number of allylic oxidation sites excluding steroid dienone is 4. The Labute approximate surface area is 176 Å². The maximum Gasteiger partial charge on any atom is 3.00 e. The Balaban J connectivity index is 0.000000960. The van der Waals surface area contributed by atoms with Gasteiger partial charge in [0.15, 0.2) is 0 Å². The van der Waals surface area contributed by atoms with Gasteiger partial charge in [-0.15, -0.1) is 38.9 Å². The standard InChI is InChI=1S/C20H19Si.2ClH.Zr/c1-21(2,15-9-3-4-10-15)20-18-13-7-5-11-16(18)17-12-6-8-14-19(17)20;;;/h3-9,11-14H,10H2,1-2H3;2*1H;/q-1;;;+3/p-2. The average Bonchev–Trinajstić information content (AvgIpc) is 3.14. The molecule has 121 valence electrons. The summed E-state index contributed by atoms with van der Waals surface area (Å²) in [6, 6.07) is 17.8. The topological polar surface area (TPSA) is 0 Å². The molecule has 24 heavy (non-hydrogen) atoms. The summed E-state index contributed by atoms with van der Waals surface area (Å²) >= 11 is 0. The second kappa shape index (κ2) is 8.23. The first-order valence-electron chi connectivity index (χ1n) is 7.62. The summed E-state index contributed by atoms with van der Waals surface area (Å²) in [5.74, 6) is 0. The van der Waals surface area contributed by atoms with Crippen LogP contribution < -0.4 is 30.0 Å². The van der Waals surface area contributed by atoms with Gasteiger partial charge in [0.1, 0.15) is 0 Å². The molecule has 0 N–H and O–H groups in total. The fourth-order valence-electron chi connectivity index (χ4n) is 3.76. The number of hydrogen-bond donors (Lipinski definition) is 0. The monoisotopic (exact) mass is 447 g/mol. The van der Waals surface area contributed by atoms with E-state index in [1.165, 1.54) is 21.5 Å². The summed E-state index contributed by atoms with van der Waals surface area (Å²) in [6.07, 6.45) is 7.99. The molecule has 1 aliphatic carbocycles. The number of halogens is 2. The number of fused-ring (bicyclic) bond motifs is 3. The van der Waals surface area contributed by atoms with Gasteiger partial charge < -0.3 is 24.8 Å². The van der Waals surface area contributed by atoms with E-state index in [1.54, 1.807) is 10.4 Å². The minimum Gasteiger partial charge on any atom is -1.00 e. The van der Waals surface area contributed by atoms with E-state index < -0.39 is 8.07 Å². The van der Waals surface area contributed by atoms with Crippen LogP contribution >= 0.6 is 0 Å². The van der Waals surface area contributed by atoms with Crippen LogP contribution in [0.2, 0.25) is 13.1 Å². The molecule has 0 heterocycles. The zero-order valence-electron chi connectivity index (χ0n) is 13.8. The van der Waals surface area contributed by atoms with Gasteiger partial charge in [0.25, 0.3) is 0 Å². The molecular weight excluding hydrogens is 430 g/mol. The van der Waals surface area contributed by atoms with E-state index in [0.717, 1.165) is 6.42 Å². The zero-order valence-corrected chi connectivity index (χ0v) is 18.8. The minimum absolute atomic E-state index is 0. The first-order chi connectivity index (χ1) is 10.2. The summed E-state index contributed by atoms with van der Waals surface area (Å²) in [4.78, 5) is 0. The predicted octanol–water partition coefficient (Wildman–Crippen LogP) is -0.942. The molecular formula is C20H19Cl2SiZr. The fraction of sp³-hybridized carbons (Fsp3) is 0.150. The molecule has 0 fully saturated rings. The molecule has 0 aromatic heterocycles. The van der Waals surface area contributed by atoms with Crippen molar-refractivity contribution in [2.24, 2.45) is 0 Å². The molecule has 3 aromatic carbocycles. The molecule has 4 rings (SSSR count). The van der Waals surface area contributed by atoms with E-state index in [-0.39, 0.29) is 51.0 Å². The normalized spacial score (nSPS) is 13.2. The molecule has 0 nitrogen and oxygen atoms in total. The molecule has 3 aromatic rings. The quantitative estimate of drug-likeness (QED) is 0.350. The van der Waals surface area contributed by atoms with Gasteiger partial charge in [-0.05, 0) is 6.42 Å². The van der Waals surface area contributed by atoms with Gasteiger partial charge in [0, 0.05) is 0 Å².